The maximum absolute atomic E-state index is 5.11. The van der Waals surface area contributed by atoms with Gasteiger partial charge in [0.15, 0.2) is 11.7 Å². The van der Waals surface area contributed by atoms with Crippen LogP contribution in [0.25, 0.3) is 0 Å². The Labute approximate surface area is 219 Å². The molecule has 7 rings (SSSR count). The maximum atomic E-state index is 5.11. The topological polar surface area (TPSA) is 55.9 Å². The molecule has 180 valence electrons. The predicted molar refractivity (Wildman–Crippen MR) is 152 cm³/mol. The predicted octanol–water partition coefficient (Wildman–Crippen LogP) is 5.95. The van der Waals surface area contributed by atoms with Crippen molar-refractivity contribution in [2.24, 2.45) is 20.2 Å². The van der Waals surface area contributed by atoms with Crippen molar-refractivity contribution in [2.75, 3.05) is 10.0 Å². The normalized spacial score (nSPS) is 13.9. The Morgan fingerprint density at radius 3 is 1.63 bits per heavy atom. The SMILES string of the molecule is c1ccc(C2=NN(c3ccccc3)c3cc4c(cc3=N2)N=C(c2ccccc2)N(c2ccccc2)N=4)cc1. The van der Waals surface area contributed by atoms with E-state index >= 15 is 0 Å². The van der Waals surface area contributed by atoms with Gasteiger partial charge in [0.05, 0.1) is 28.1 Å². The Balaban J connectivity index is 1.46. The third-order valence-corrected chi connectivity index (χ3v) is 6.42. The number of aliphatic imine (C=N–C) groups is 1. The van der Waals surface area contributed by atoms with Crippen LogP contribution in [0.4, 0.5) is 22.7 Å². The van der Waals surface area contributed by atoms with E-state index in [-0.39, 0.29) is 0 Å². The molecular formula is C32H22N6. The number of rotatable bonds is 4. The van der Waals surface area contributed by atoms with E-state index in [4.69, 9.17) is 20.2 Å². The number of hydrazone groups is 1. The zero-order valence-corrected chi connectivity index (χ0v) is 20.4. The number of fused-ring (bicyclic) bond motifs is 2. The Hall–Kier alpha value is -5.36. The van der Waals surface area contributed by atoms with Crippen LogP contribution in [0, 0.1) is 0 Å². The lowest BCUT2D eigenvalue weighted by Crippen LogP contribution is -2.34. The number of amidine groups is 2. The number of hydrogen-bond donors (Lipinski definition) is 0. The van der Waals surface area contributed by atoms with Crippen molar-refractivity contribution in [3.05, 3.63) is 155 Å². The van der Waals surface area contributed by atoms with Crippen molar-refractivity contribution in [3.63, 3.8) is 0 Å². The Kier molecular flexibility index (Phi) is 5.33. The van der Waals surface area contributed by atoms with Crippen LogP contribution in [0.1, 0.15) is 11.1 Å². The van der Waals surface area contributed by atoms with Gasteiger partial charge in [0, 0.05) is 11.1 Å². The number of hydrogen-bond acceptors (Lipinski definition) is 6. The molecule has 0 saturated carbocycles. The van der Waals surface area contributed by atoms with Gasteiger partial charge in [-0.1, -0.05) is 97.1 Å². The highest BCUT2D eigenvalue weighted by Crippen LogP contribution is 2.28. The smallest absolute Gasteiger partial charge is 0.180 e. The van der Waals surface area contributed by atoms with Gasteiger partial charge in [-0.05, 0) is 36.4 Å². The van der Waals surface area contributed by atoms with Gasteiger partial charge in [-0.2, -0.15) is 5.10 Å². The molecule has 0 spiro atoms. The number of para-hydroxylation sites is 2. The molecule has 5 aromatic rings. The van der Waals surface area contributed by atoms with Crippen LogP contribution in [0.3, 0.4) is 0 Å². The lowest BCUT2D eigenvalue weighted by Gasteiger charge is -2.27. The molecule has 0 amide bonds. The van der Waals surface area contributed by atoms with Crippen molar-refractivity contribution in [3.8, 4) is 0 Å². The van der Waals surface area contributed by atoms with Crippen molar-refractivity contribution < 1.29 is 0 Å². The Morgan fingerprint density at radius 2 is 1.00 bits per heavy atom. The minimum atomic E-state index is 0.646. The molecule has 2 aliphatic heterocycles. The lowest BCUT2D eigenvalue weighted by molar-refractivity contribution is 0.995. The highest BCUT2D eigenvalue weighted by molar-refractivity contribution is 6.11. The Bertz CT molecular complexity index is 1800. The largest absolute Gasteiger partial charge is 0.229 e. The summed E-state index contributed by atoms with van der Waals surface area (Å²) >= 11 is 0. The van der Waals surface area contributed by atoms with E-state index in [9.17, 15) is 0 Å². The average Bonchev–Trinajstić information content (AvgIpc) is 3.00. The van der Waals surface area contributed by atoms with E-state index in [0.717, 1.165) is 50.4 Å². The van der Waals surface area contributed by atoms with Crippen molar-refractivity contribution >= 4 is 34.4 Å². The average molecular weight is 491 g/mol. The second-order valence-corrected chi connectivity index (χ2v) is 8.93. The van der Waals surface area contributed by atoms with Crippen LogP contribution in [-0.2, 0) is 0 Å². The molecule has 38 heavy (non-hydrogen) atoms. The molecular weight excluding hydrogens is 468 g/mol. The van der Waals surface area contributed by atoms with Gasteiger partial charge in [-0.3, -0.25) is 0 Å². The van der Waals surface area contributed by atoms with Gasteiger partial charge < -0.3 is 0 Å². The molecule has 2 aliphatic rings. The third kappa shape index (κ3) is 3.94. The monoisotopic (exact) mass is 490 g/mol. The molecule has 0 fully saturated rings. The van der Waals surface area contributed by atoms with E-state index < -0.39 is 0 Å². The van der Waals surface area contributed by atoms with Crippen molar-refractivity contribution in [1.29, 1.82) is 0 Å². The standard InChI is InChI=1S/C32H22N6/c1-5-13-23(14-6-1)31-33-29-21-27-28(22-30(29)37(36-31)25-17-9-3-10-18-25)35-38(26-19-11-4-12-20-26)32(34-27)24-15-7-2-8-16-24/h1-22H. The van der Waals surface area contributed by atoms with Gasteiger partial charge in [0.2, 0.25) is 0 Å². The molecule has 0 radical (unpaired) electrons. The van der Waals surface area contributed by atoms with Crippen molar-refractivity contribution in [2.45, 2.75) is 0 Å². The highest BCUT2D eigenvalue weighted by Gasteiger charge is 2.24. The molecule has 5 aromatic carbocycles. The molecule has 0 saturated heterocycles. The fraction of sp³-hybridized carbons (Fsp3) is 0. The molecule has 0 aliphatic carbocycles. The summed E-state index contributed by atoms with van der Waals surface area (Å²) in [5.74, 6) is 1.41. The van der Waals surface area contributed by atoms with Gasteiger partial charge in [0.1, 0.15) is 5.36 Å². The number of anilines is 3. The molecule has 2 heterocycles. The van der Waals surface area contributed by atoms with Crippen LogP contribution in [0.5, 0.6) is 0 Å². The first-order valence-corrected chi connectivity index (χ1v) is 12.4. The molecule has 6 heteroatoms. The van der Waals surface area contributed by atoms with E-state index in [1.807, 2.05) is 131 Å². The first-order valence-electron chi connectivity index (χ1n) is 12.4. The number of benzene rings is 5. The molecule has 0 atom stereocenters. The summed E-state index contributed by atoms with van der Waals surface area (Å²) < 4.78 is 0. The summed E-state index contributed by atoms with van der Waals surface area (Å²) in [6.07, 6.45) is 0. The summed E-state index contributed by atoms with van der Waals surface area (Å²) in [6.45, 7) is 0. The summed E-state index contributed by atoms with van der Waals surface area (Å²) in [5, 5.41) is 15.4. The zero-order valence-electron chi connectivity index (χ0n) is 20.4. The van der Waals surface area contributed by atoms with Crippen LogP contribution < -0.4 is 20.7 Å². The fourth-order valence-corrected chi connectivity index (χ4v) is 4.58. The zero-order chi connectivity index (χ0) is 25.3. The minimum absolute atomic E-state index is 0.646. The molecule has 0 unspecified atom stereocenters. The third-order valence-electron chi connectivity index (χ3n) is 6.42. The number of nitrogens with zero attached hydrogens (tertiary/aromatic N) is 6. The molecule has 0 N–H and O–H groups in total. The summed E-state index contributed by atoms with van der Waals surface area (Å²) in [5.41, 5.74) is 5.43. The van der Waals surface area contributed by atoms with Crippen molar-refractivity contribution in [1.82, 2.24) is 0 Å². The van der Waals surface area contributed by atoms with E-state index in [0.29, 0.717) is 5.84 Å². The van der Waals surface area contributed by atoms with Gasteiger partial charge in [-0.15, -0.1) is 5.10 Å². The second-order valence-electron chi connectivity index (χ2n) is 8.93. The van der Waals surface area contributed by atoms with Gasteiger partial charge in [-0.25, -0.2) is 20.0 Å². The highest BCUT2D eigenvalue weighted by atomic mass is 15.5. The van der Waals surface area contributed by atoms with E-state index in [1.165, 1.54) is 0 Å². The van der Waals surface area contributed by atoms with Crippen LogP contribution in [-0.4, -0.2) is 11.7 Å². The summed E-state index contributed by atoms with van der Waals surface area (Å²) in [4.78, 5) is 10.1. The van der Waals surface area contributed by atoms with Gasteiger partial charge in [0.25, 0.3) is 0 Å². The second kappa shape index (κ2) is 9.26. The van der Waals surface area contributed by atoms with Gasteiger partial charge >= 0.3 is 0 Å². The summed E-state index contributed by atoms with van der Waals surface area (Å²) in [6, 6.07) is 44.4. The Morgan fingerprint density at radius 1 is 0.447 bits per heavy atom. The van der Waals surface area contributed by atoms with Crippen LogP contribution in [0.2, 0.25) is 0 Å². The molecule has 0 bridgehead atoms. The quantitative estimate of drug-likeness (QED) is 0.312. The summed E-state index contributed by atoms with van der Waals surface area (Å²) in [7, 11) is 0. The fourth-order valence-electron chi connectivity index (χ4n) is 4.58. The maximum Gasteiger partial charge on any atom is 0.180 e. The van der Waals surface area contributed by atoms with Crippen LogP contribution in [0.15, 0.2) is 154 Å². The molecule has 6 nitrogen and oxygen atoms in total. The first-order chi connectivity index (χ1) is 18.8. The van der Waals surface area contributed by atoms with E-state index in [1.54, 1.807) is 0 Å². The molecule has 0 aromatic heterocycles. The van der Waals surface area contributed by atoms with E-state index in [2.05, 4.69) is 12.1 Å². The lowest BCUT2D eigenvalue weighted by atomic mass is 10.1. The minimum Gasteiger partial charge on any atom is -0.229 e. The van der Waals surface area contributed by atoms with Crippen LogP contribution >= 0.6 is 0 Å². The first kappa shape index (κ1) is 21.9.